The smallest absolute Gasteiger partial charge is 0.0996 e. The molecule has 1 nitrogen and oxygen atoms in total. The highest BCUT2D eigenvalue weighted by atomic mass is 35.5. The second-order valence-corrected chi connectivity index (χ2v) is 3.52. The molecule has 0 N–H and O–H groups in total. The van der Waals surface area contributed by atoms with Crippen LogP contribution in [0.25, 0.3) is 0 Å². The maximum absolute atomic E-state index is 3.87. The first kappa shape index (κ1) is 13.3. The van der Waals surface area contributed by atoms with Crippen LogP contribution in [0, 0.1) is 0 Å². The summed E-state index contributed by atoms with van der Waals surface area (Å²) in [4.78, 5) is 0. The van der Waals surface area contributed by atoms with Crippen molar-refractivity contribution in [2.24, 2.45) is 0 Å². The normalized spacial score (nSPS) is 10.1. The molecular weight excluding hydrogens is 158 g/mol. The van der Waals surface area contributed by atoms with Crippen LogP contribution in [0.4, 0.5) is 0 Å². The molecule has 0 aliphatic rings. The molecule has 0 spiro atoms. The Morgan fingerprint density at radius 1 is 1.45 bits per heavy atom. The van der Waals surface area contributed by atoms with E-state index in [0.29, 0.717) is 0 Å². The highest BCUT2D eigenvalue weighted by Crippen LogP contribution is 2.01. The van der Waals surface area contributed by atoms with Crippen LogP contribution in [0.2, 0.25) is 0 Å². The van der Waals surface area contributed by atoms with Gasteiger partial charge in [-0.05, 0) is 18.6 Å². The molecule has 0 aromatic rings. The van der Waals surface area contributed by atoms with Crippen LogP contribution in [0.1, 0.15) is 6.92 Å². The van der Waals surface area contributed by atoms with E-state index in [2.05, 4.69) is 34.2 Å². The van der Waals surface area contributed by atoms with Crippen LogP contribution in [-0.4, -0.2) is 31.7 Å². The van der Waals surface area contributed by atoms with Gasteiger partial charge in [0.25, 0.3) is 0 Å². The van der Waals surface area contributed by atoms with Crippen molar-refractivity contribution in [3.05, 3.63) is 24.8 Å². The number of hydrogen-bond donors (Lipinski definition) is 0. The molecule has 2 heteroatoms. The zero-order valence-electron chi connectivity index (χ0n) is 7.73. The molecule has 0 aliphatic carbocycles. The Kier molecular flexibility index (Phi) is 6.53. The molecule has 0 aliphatic heterocycles. The standard InChI is InChI=1S/C9H18N.ClH/c1-6-7-10(4,5)8-9(2)3;/h6H,1-2,7-8H2,3-5H3;1H/q+1;/p-1. The summed E-state index contributed by atoms with van der Waals surface area (Å²) < 4.78 is 0.957. The average molecular weight is 176 g/mol. The predicted octanol–water partition coefficient (Wildman–Crippen LogP) is -1.17. The molecule has 0 saturated carbocycles. The molecule has 0 saturated heterocycles. The maximum atomic E-state index is 3.87. The van der Waals surface area contributed by atoms with Gasteiger partial charge in [0, 0.05) is 0 Å². The number of rotatable bonds is 4. The summed E-state index contributed by atoms with van der Waals surface area (Å²) in [6.07, 6.45) is 1.95. The summed E-state index contributed by atoms with van der Waals surface area (Å²) in [6.45, 7) is 11.7. The van der Waals surface area contributed by atoms with Crippen molar-refractivity contribution in [2.45, 2.75) is 6.92 Å². The van der Waals surface area contributed by atoms with E-state index in [0.717, 1.165) is 17.6 Å². The maximum Gasteiger partial charge on any atom is 0.0996 e. The van der Waals surface area contributed by atoms with E-state index in [1.165, 1.54) is 5.57 Å². The second-order valence-electron chi connectivity index (χ2n) is 3.52. The SMILES string of the molecule is C=CC[N+](C)(C)CC(=C)C.[Cl-]. The third-order valence-corrected chi connectivity index (χ3v) is 1.32. The molecule has 0 aromatic carbocycles. The lowest BCUT2D eigenvalue weighted by Crippen LogP contribution is -3.00. The zero-order chi connectivity index (χ0) is 8.20. The van der Waals surface area contributed by atoms with Crippen molar-refractivity contribution in [3.63, 3.8) is 0 Å². The Hall–Kier alpha value is -0.270. The van der Waals surface area contributed by atoms with Crippen molar-refractivity contribution in [2.75, 3.05) is 27.2 Å². The van der Waals surface area contributed by atoms with Gasteiger partial charge in [-0.3, -0.25) is 0 Å². The van der Waals surface area contributed by atoms with Gasteiger partial charge in [-0.2, -0.15) is 0 Å². The van der Waals surface area contributed by atoms with Crippen LogP contribution in [-0.2, 0) is 0 Å². The zero-order valence-corrected chi connectivity index (χ0v) is 8.49. The van der Waals surface area contributed by atoms with Crippen molar-refractivity contribution >= 4 is 0 Å². The van der Waals surface area contributed by atoms with E-state index in [1.807, 2.05) is 6.08 Å². The van der Waals surface area contributed by atoms with E-state index >= 15 is 0 Å². The van der Waals surface area contributed by atoms with Crippen molar-refractivity contribution < 1.29 is 16.9 Å². The summed E-state index contributed by atoms with van der Waals surface area (Å²) in [5, 5.41) is 0. The van der Waals surface area contributed by atoms with Gasteiger partial charge in [0.05, 0.1) is 27.2 Å². The lowest BCUT2D eigenvalue weighted by molar-refractivity contribution is -0.879. The third-order valence-electron chi connectivity index (χ3n) is 1.32. The predicted molar refractivity (Wildman–Crippen MR) is 46.9 cm³/mol. The summed E-state index contributed by atoms with van der Waals surface area (Å²) in [6, 6.07) is 0. The van der Waals surface area contributed by atoms with Crippen LogP contribution in [0.15, 0.2) is 24.8 Å². The lowest BCUT2D eigenvalue weighted by atomic mass is 10.3. The summed E-state index contributed by atoms with van der Waals surface area (Å²) in [7, 11) is 4.35. The van der Waals surface area contributed by atoms with E-state index in [1.54, 1.807) is 0 Å². The Labute approximate surface area is 76.4 Å². The van der Waals surface area contributed by atoms with Gasteiger partial charge in [-0.15, -0.1) is 0 Å². The Balaban J connectivity index is 0. The molecule has 0 radical (unpaired) electrons. The highest BCUT2D eigenvalue weighted by Gasteiger charge is 2.11. The minimum absolute atomic E-state index is 0. The fraction of sp³-hybridized carbons (Fsp3) is 0.556. The Morgan fingerprint density at radius 3 is 2.18 bits per heavy atom. The minimum Gasteiger partial charge on any atom is -1.00 e. The van der Waals surface area contributed by atoms with E-state index in [9.17, 15) is 0 Å². The van der Waals surface area contributed by atoms with Crippen LogP contribution in [0.3, 0.4) is 0 Å². The first-order valence-corrected chi connectivity index (χ1v) is 3.55. The van der Waals surface area contributed by atoms with Gasteiger partial charge >= 0.3 is 0 Å². The summed E-state index contributed by atoms with van der Waals surface area (Å²) in [5.41, 5.74) is 1.23. The summed E-state index contributed by atoms with van der Waals surface area (Å²) >= 11 is 0. The largest absolute Gasteiger partial charge is 1.00 e. The van der Waals surface area contributed by atoms with Gasteiger partial charge in [0.1, 0.15) is 0 Å². The molecule has 0 fully saturated rings. The van der Waals surface area contributed by atoms with Crippen LogP contribution >= 0.6 is 0 Å². The average Bonchev–Trinajstić information content (AvgIpc) is 1.59. The topological polar surface area (TPSA) is 0 Å². The number of quaternary nitrogens is 1. The first-order valence-electron chi connectivity index (χ1n) is 3.55. The molecule has 0 atom stereocenters. The number of likely N-dealkylation sites (N-methyl/N-ethyl adjacent to an activating group) is 1. The molecule has 0 unspecified atom stereocenters. The van der Waals surface area contributed by atoms with Gasteiger partial charge in [0.2, 0.25) is 0 Å². The van der Waals surface area contributed by atoms with Gasteiger partial charge < -0.3 is 16.9 Å². The van der Waals surface area contributed by atoms with Gasteiger partial charge in [-0.1, -0.05) is 13.2 Å². The van der Waals surface area contributed by atoms with Crippen LogP contribution < -0.4 is 12.4 Å². The van der Waals surface area contributed by atoms with Crippen molar-refractivity contribution in [3.8, 4) is 0 Å². The van der Waals surface area contributed by atoms with Gasteiger partial charge in [-0.25, -0.2) is 0 Å². The fourth-order valence-corrected chi connectivity index (χ4v) is 1.14. The Morgan fingerprint density at radius 2 is 1.91 bits per heavy atom. The molecule has 0 heterocycles. The van der Waals surface area contributed by atoms with Crippen LogP contribution in [0.5, 0.6) is 0 Å². The minimum atomic E-state index is 0. The molecule has 0 amide bonds. The van der Waals surface area contributed by atoms with Crippen molar-refractivity contribution in [1.82, 2.24) is 0 Å². The first-order chi connectivity index (χ1) is 4.48. The molecule has 0 aromatic heterocycles. The van der Waals surface area contributed by atoms with E-state index in [-0.39, 0.29) is 12.4 Å². The lowest BCUT2D eigenvalue weighted by Gasteiger charge is -2.28. The van der Waals surface area contributed by atoms with Crippen molar-refractivity contribution in [1.29, 1.82) is 0 Å². The monoisotopic (exact) mass is 175 g/mol. The highest BCUT2D eigenvalue weighted by molar-refractivity contribution is 4.88. The van der Waals surface area contributed by atoms with E-state index < -0.39 is 0 Å². The molecular formula is C9H18ClN. The molecule has 66 valence electrons. The molecule has 0 bridgehead atoms. The number of hydrogen-bond acceptors (Lipinski definition) is 0. The molecule has 11 heavy (non-hydrogen) atoms. The number of halogens is 1. The quantitative estimate of drug-likeness (QED) is 0.373. The van der Waals surface area contributed by atoms with Gasteiger partial charge in [0.15, 0.2) is 0 Å². The third kappa shape index (κ3) is 7.63. The summed E-state index contributed by atoms with van der Waals surface area (Å²) in [5.74, 6) is 0. The Bertz CT molecular complexity index is 138. The van der Waals surface area contributed by atoms with E-state index in [4.69, 9.17) is 0 Å². The number of nitrogens with zero attached hydrogens (tertiary/aromatic N) is 1. The second kappa shape index (κ2) is 5.39. The fourth-order valence-electron chi connectivity index (χ4n) is 1.14. The molecule has 0 rings (SSSR count).